The molecule has 0 radical (unpaired) electrons. The molecule has 5 rings (SSSR count). The Bertz CT molecular complexity index is 1630. The third-order valence-corrected chi connectivity index (χ3v) is 8.64. The minimum Gasteiger partial charge on any atom is -0.335 e. The quantitative estimate of drug-likeness (QED) is 0.367. The Morgan fingerprint density at radius 2 is 1.85 bits per heavy atom. The molecule has 0 bridgehead atoms. The Labute approximate surface area is 225 Å². The monoisotopic (exact) mass is 577 g/mol. The number of fused-ring (bicyclic) bond motifs is 1. The first kappa shape index (κ1) is 26.7. The molecule has 39 heavy (non-hydrogen) atoms. The molecule has 14 heteroatoms. The van der Waals surface area contributed by atoms with Crippen LogP contribution in [-0.2, 0) is 25.8 Å². The number of carbonyl (C=O) groups excluding carboxylic acids is 2. The van der Waals surface area contributed by atoms with Crippen molar-refractivity contribution in [3.8, 4) is 0 Å². The molecule has 2 aromatic carbocycles. The van der Waals surface area contributed by atoms with E-state index in [1.54, 1.807) is 24.6 Å². The number of hydrogen-bond acceptors (Lipinski definition) is 6. The molecule has 9 nitrogen and oxygen atoms in total. The Kier molecular flexibility index (Phi) is 6.84. The van der Waals surface area contributed by atoms with Crippen LogP contribution >= 0.6 is 11.3 Å². The molecule has 4 aromatic rings. The lowest BCUT2D eigenvalue weighted by molar-refractivity contribution is -0.139. The number of sulfonamides is 1. The first-order valence-corrected chi connectivity index (χ1v) is 14.1. The highest BCUT2D eigenvalue weighted by atomic mass is 32.2. The van der Waals surface area contributed by atoms with E-state index in [9.17, 15) is 31.2 Å². The fourth-order valence-corrected chi connectivity index (χ4v) is 6.22. The van der Waals surface area contributed by atoms with Crippen LogP contribution in [0.25, 0.3) is 10.9 Å². The van der Waals surface area contributed by atoms with Gasteiger partial charge in [-0.25, -0.2) is 13.4 Å². The highest BCUT2D eigenvalue weighted by molar-refractivity contribution is 7.93. The lowest BCUT2D eigenvalue weighted by atomic mass is 10.1. The van der Waals surface area contributed by atoms with Crippen molar-refractivity contribution in [3.63, 3.8) is 0 Å². The van der Waals surface area contributed by atoms with Gasteiger partial charge in [-0.2, -0.15) is 13.2 Å². The van der Waals surface area contributed by atoms with Gasteiger partial charge in [-0.1, -0.05) is 6.07 Å². The van der Waals surface area contributed by atoms with Crippen molar-refractivity contribution in [3.05, 3.63) is 71.9 Å². The molecule has 1 aliphatic heterocycles. The van der Waals surface area contributed by atoms with Crippen LogP contribution in [0.15, 0.2) is 71.2 Å². The van der Waals surface area contributed by atoms with Crippen molar-refractivity contribution in [2.75, 3.05) is 29.3 Å². The van der Waals surface area contributed by atoms with Crippen LogP contribution < -0.4 is 9.62 Å². The van der Waals surface area contributed by atoms with Crippen LogP contribution in [0.5, 0.6) is 0 Å². The average molecular weight is 578 g/mol. The van der Waals surface area contributed by atoms with Crippen molar-refractivity contribution in [2.24, 2.45) is 0 Å². The van der Waals surface area contributed by atoms with E-state index in [0.29, 0.717) is 11.1 Å². The molecule has 2 amide bonds. The van der Waals surface area contributed by atoms with Gasteiger partial charge < -0.3 is 14.4 Å². The van der Waals surface area contributed by atoms with E-state index >= 15 is 0 Å². The van der Waals surface area contributed by atoms with Crippen LogP contribution in [0.4, 0.5) is 24.0 Å². The zero-order valence-electron chi connectivity index (χ0n) is 20.4. The molecule has 3 heterocycles. The van der Waals surface area contributed by atoms with Crippen molar-refractivity contribution >= 4 is 54.9 Å². The molecule has 1 fully saturated rings. The molecule has 1 saturated heterocycles. The number of rotatable bonds is 6. The number of amides is 2. The predicted molar refractivity (Wildman–Crippen MR) is 140 cm³/mol. The Morgan fingerprint density at radius 1 is 1.10 bits per heavy atom. The molecule has 2 aromatic heterocycles. The van der Waals surface area contributed by atoms with Crippen molar-refractivity contribution in [1.29, 1.82) is 0 Å². The maximum atomic E-state index is 13.2. The average Bonchev–Trinajstić information content (AvgIpc) is 3.56. The molecule has 0 unspecified atom stereocenters. The Morgan fingerprint density at radius 3 is 2.49 bits per heavy atom. The summed E-state index contributed by atoms with van der Waals surface area (Å²) >= 11 is 1.14. The summed E-state index contributed by atoms with van der Waals surface area (Å²) in [6, 6.07) is 9.96. The van der Waals surface area contributed by atoms with Crippen molar-refractivity contribution < 1.29 is 31.2 Å². The summed E-state index contributed by atoms with van der Waals surface area (Å²) in [6.45, 7) is 1.73. The standard InChI is InChI=1S/C25H22F3N5O4S2/c1-16(32-10-8-17-2-3-18(14-21(17)32)25(26,27)28)23(35)31-11-12-33(22(34)15-31)19-4-6-20(7-5-19)39(36,37)30-24-29-9-13-38-24/h2-10,13-14,16H,11-12,15H2,1H3,(H,29,30)/t16-/m1/s1. The minimum absolute atomic E-state index is 0.00386. The fourth-order valence-electron chi connectivity index (χ4n) is 4.43. The number of alkyl halides is 3. The van der Waals surface area contributed by atoms with Gasteiger partial charge in [0.25, 0.3) is 10.0 Å². The van der Waals surface area contributed by atoms with Gasteiger partial charge in [-0.15, -0.1) is 11.3 Å². The largest absolute Gasteiger partial charge is 0.416 e. The first-order chi connectivity index (χ1) is 18.4. The van der Waals surface area contributed by atoms with Gasteiger partial charge in [-0.3, -0.25) is 14.3 Å². The van der Waals surface area contributed by atoms with E-state index in [2.05, 4.69) is 9.71 Å². The molecule has 1 aliphatic rings. The van der Waals surface area contributed by atoms with Gasteiger partial charge in [0.1, 0.15) is 12.6 Å². The minimum atomic E-state index is -4.51. The molecule has 204 valence electrons. The van der Waals surface area contributed by atoms with Crippen LogP contribution in [0.3, 0.4) is 0 Å². The van der Waals surface area contributed by atoms with Crippen LogP contribution in [0, 0.1) is 0 Å². The number of anilines is 2. The number of aromatic nitrogens is 2. The normalized spacial score (nSPS) is 15.5. The second-order valence-electron chi connectivity index (χ2n) is 8.91. The van der Waals surface area contributed by atoms with E-state index in [4.69, 9.17) is 0 Å². The Hall–Kier alpha value is -3.91. The lowest BCUT2D eigenvalue weighted by Gasteiger charge is -2.35. The maximum absolute atomic E-state index is 13.2. The lowest BCUT2D eigenvalue weighted by Crippen LogP contribution is -2.53. The summed E-state index contributed by atoms with van der Waals surface area (Å²) in [4.78, 5) is 32.9. The summed E-state index contributed by atoms with van der Waals surface area (Å²) in [5, 5.41) is 2.44. The van der Waals surface area contributed by atoms with Crippen LogP contribution in [0.2, 0.25) is 0 Å². The molecule has 0 aliphatic carbocycles. The summed E-state index contributed by atoms with van der Waals surface area (Å²) in [5.41, 5.74) is -0.0596. The number of nitrogens with one attached hydrogen (secondary N) is 1. The van der Waals surface area contributed by atoms with Crippen LogP contribution in [-0.4, -0.2) is 54.3 Å². The summed E-state index contributed by atoms with van der Waals surface area (Å²) in [7, 11) is -3.85. The molecule has 0 saturated carbocycles. The number of benzene rings is 2. The third kappa shape index (κ3) is 5.34. The summed E-state index contributed by atoms with van der Waals surface area (Å²) in [6.07, 6.45) is -1.48. The second-order valence-corrected chi connectivity index (χ2v) is 11.5. The van der Waals surface area contributed by atoms with E-state index in [0.717, 1.165) is 23.5 Å². The van der Waals surface area contributed by atoms with E-state index in [-0.39, 0.29) is 41.1 Å². The molecular formula is C25H22F3N5O4S2. The number of carbonyl (C=O) groups is 2. The highest BCUT2D eigenvalue weighted by Crippen LogP contribution is 2.33. The number of thiazole rings is 1. The van der Waals surface area contributed by atoms with Gasteiger partial charge in [0.05, 0.1) is 10.5 Å². The van der Waals surface area contributed by atoms with Gasteiger partial charge in [0, 0.05) is 42.1 Å². The second kappa shape index (κ2) is 10.0. The molecule has 0 spiro atoms. The SMILES string of the molecule is C[C@H](C(=O)N1CCN(c2ccc(S(=O)(=O)Nc3nccs3)cc2)C(=O)C1)n1ccc2ccc(C(F)(F)F)cc21. The zero-order valence-corrected chi connectivity index (χ0v) is 22.1. The highest BCUT2D eigenvalue weighted by Gasteiger charge is 2.33. The van der Waals surface area contributed by atoms with E-state index in [1.807, 2.05) is 0 Å². The Balaban J connectivity index is 1.27. The molecule has 1 atom stereocenters. The van der Waals surface area contributed by atoms with Crippen molar-refractivity contribution in [1.82, 2.24) is 14.5 Å². The number of hydrogen-bond donors (Lipinski definition) is 1. The third-order valence-electron chi connectivity index (χ3n) is 6.47. The van der Waals surface area contributed by atoms with Gasteiger partial charge in [-0.05, 0) is 54.8 Å². The summed E-state index contributed by atoms with van der Waals surface area (Å²) < 4.78 is 68.6. The number of piperazine rings is 1. The van der Waals surface area contributed by atoms with Gasteiger partial charge in [0.2, 0.25) is 11.8 Å². The number of halogens is 3. The zero-order chi connectivity index (χ0) is 27.9. The van der Waals surface area contributed by atoms with Crippen LogP contribution in [0.1, 0.15) is 18.5 Å². The molecule has 1 N–H and O–H groups in total. The molecular weight excluding hydrogens is 555 g/mol. The van der Waals surface area contributed by atoms with Crippen molar-refractivity contribution in [2.45, 2.75) is 24.0 Å². The van der Waals surface area contributed by atoms with Gasteiger partial charge in [0.15, 0.2) is 5.13 Å². The van der Waals surface area contributed by atoms with E-state index in [1.165, 1.54) is 50.9 Å². The fraction of sp³-hybridized carbons (Fsp3) is 0.240. The topological polar surface area (TPSA) is 105 Å². The van der Waals surface area contributed by atoms with Gasteiger partial charge >= 0.3 is 6.18 Å². The maximum Gasteiger partial charge on any atom is 0.416 e. The number of nitrogens with zero attached hydrogens (tertiary/aromatic N) is 4. The smallest absolute Gasteiger partial charge is 0.335 e. The first-order valence-electron chi connectivity index (χ1n) is 11.7. The summed E-state index contributed by atoms with van der Waals surface area (Å²) in [5.74, 6) is -0.761. The predicted octanol–water partition coefficient (Wildman–Crippen LogP) is 4.35. The van der Waals surface area contributed by atoms with E-state index < -0.39 is 33.7 Å².